The Kier molecular flexibility index (Phi) is 3.94. The topological polar surface area (TPSA) is 51.2 Å². The van der Waals surface area contributed by atoms with Gasteiger partial charge >= 0.3 is 5.97 Å². The summed E-state index contributed by atoms with van der Waals surface area (Å²) in [6.45, 7) is 5.99. The number of anilines is 1. The fraction of sp³-hybridized carbons (Fsp3) is 0.231. The van der Waals surface area contributed by atoms with Gasteiger partial charge in [0, 0.05) is 5.57 Å². The van der Waals surface area contributed by atoms with Gasteiger partial charge in [0.2, 0.25) is 0 Å². The zero-order chi connectivity index (χ0) is 13.0. The SMILES string of the molecule is C=C(C)C(=O)OCCNc1nc2ccccc2s1. The number of thiazole rings is 1. The molecule has 0 bridgehead atoms. The van der Waals surface area contributed by atoms with Crippen molar-refractivity contribution in [3.63, 3.8) is 0 Å². The van der Waals surface area contributed by atoms with Gasteiger partial charge in [-0.15, -0.1) is 0 Å². The molecule has 0 aliphatic heterocycles. The third-order valence-electron chi connectivity index (χ3n) is 2.25. The number of fused-ring (bicyclic) bond motifs is 1. The number of para-hydroxylation sites is 1. The zero-order valence-electron chi connectivity index (χ0n) is 10.1. The molecule has 0 spiro atoms. The number of hydrogen-bond acceptors (Lipinski definition) is 5. The van der Waals surface area contributed by atoms with Crippen LogP contribution in [-0.2, 0) is 9.53 Å². The maximum Gasteiger partial charge on any atom is 0.333 e. The molecule has 94 valence electrons. The van der Waals surface area contributed by atoms with Gasteiger partial charge in [0.15, 0.2) is 5.13 Å². The molecule has 0 aliphatic rings. The Labute approximate surface area is 109 Å². The van der Waals surface area contributed by atoms with Crippen molar-refractivity contribution in [1.82, 2.24) is 4.98 Å². The number of nitrogens with zero attached hydrogens (tertiary/aromatic N) is 1. The van der Waals surface area contributed by atoms with Crippen molar-refractivity contribution >= 4 is 32.7 Å². The molecule has 0 saturated heterocycles. The number of carbonyl (C=O) groups excluding carboxylic acids is 1. The van der Waals surface area contributed by atoms with Crippen LogP contribution in [0.4, 0.5) is 5.13 Å². The lowest BCUT2D eigenvalue weighted by molar-refractivity contribution is -0.138. The van der Waals surface area contributed by atoms with Crippen molar-refractivity contribution in [2.75, 3.05) is 18.5 Å². The number of ether oxygens (including phenoxy) is 1. The van der Waals surface area contributed by atoms with E-state index in [1.54, 1.807) is 18.3 Å². The number of aromatic nitrogens is 1. The van der Waals surface area contributed by atoms with Crippen molar-refractivity contribution in [2.45, 2.75) is 6.92 Å². The molecule has 1 aromatic heterocycles. The molecule has 2 rings (SSSR count). The molecule has 0 radical (unpaired) electrons. The highest BCUT2D eigenvalue weighted by molar-refractivity contribution is 7.22. The summed E-state index contributed by atoms with van der Waals surface area (Å²) in [4.78, 5) is 15.5. The van der Waals surface area contributed by atoms with Crippen LogP contribution < -0.4 is 5.32 Å². The van der Waals surface area contributed by atoms with E-state index in [9.17, 15) is 4.79 Å². The third-order valence-corrected chi connectivity index (χ3v) is 3.25. The lowest BCUT2D eigenvalue weighted by Gasteiger charge is -2.04. The highest BCUT2D eigenvalue weighted by Gasteiger charge is 2.04. The molecule has 0 fully saturated rings. The maximum atomic E-state index is 11.1. The van der Waals surface area contributed by atoms with E-state index in [-0.39, 0.29) is 5.97 Å². The fourth-order valence-corrected chi connectivity index (χ4v) is 2.26. The number of benzene rings is 1. The average molecular weight is 262 g/mol. The van der Waals surface area contributed by atoms with Gasteiger partial charge < -0.3 is 10.1 Å². The van der Waals surface area contributed by atoms with E-state index in [0.717, 1.165) is 15.3 Å². The van der Waals surface area contributed by atoms with Crippen molar-refractivity contribution in [2.24, 2.45) is 0 Å². The minimum atomic E-state index is -0.360. The van der Waals surface area contributed by atoms with Crippen molar-refractivity contribution in [3.05, 3.63) is 36.4 Å². The van der Waals surface area contributed by atoms with Crippen LogP contribution in [0.2, 0.25) is 0 Å². The molecule has 1 heterocycles. The second-order valence-electron chi connectivity index (χ2n) is 3.83. The summed E-state index contributed by atoms with van der Waals surface area (Å²) >= 11 is 1.58. The molecule has 2 aromatic rings. The molecule has 1 N–H and O–H groups in total. The highest BCUT2D eigenvalue weighted by Crippen LogP contribution is 2.24. The second-order valence-corrected chi connectivity index (χ2v) is 4.86. The number of nitrogens with one attached hydrogen (secondary N) is 1. The first-order chi connectivity index (χ1) is 8.66. The average Bonchev–Trinajstić information content (AvgIpc) is 2.76. The van der Waals surface area contributed by atoms with E-state index in [0.29, 0.717) is 18.7 Å². The summed E-state index contributed by atoms with van der Waals surface area (Å²) in [5, 5.41) is 3.96. The summed E-state index contributed by atoms with van der Waals surface area (Å²) in [6.07, 6.45) is 0. The first-order valence-corrected chi connectivity index (χ1v) is 6.40. The lowest BCUT2D eigenvalue weighted by Crippen LogP contribution is -2.13. The quantitative estimate of drug-likeness (QED) is 0.511. The Balaban J connectivity index is 1.83. The van der Waals surface area contributed by atoms with E-state index in [4.69, 9.17) is 4.74 Å². The van der Waals surface area contributed by atoms with Crippen molar-refractivity contribution < 1.29 is 9.53 Å². The molecular weight excluding hydrogens is 248 g/mol. The summed E-state index contributed by atoms with van der Waals surface area (Å²) in [5.41, 5.74) is 1.39. The van der Waals surface area contributed by atoms with Crippen molar-refractivity contribution in [3.8, 4) is 0 Å². The van der Waals surface area contributed by atoms with Crippen LogP contribution in [0, 0.1) is 0 Å². The fourth-order valence-electron chi connectivity index (χ4n) is 1.37. The zero-order valence-corrected chi connectivity index (χ0v) is 10.9. The molecule has 0 unspecified atom stereocenters. The maximum absolute atomic E-state index is 11.1. The lowest BCUT2D eigenvalue weighted by atomic mass is 10.3. The minimum absolute atomic E-state index is 0.307. The summed E-state index contributed by atoms with van der Waals surface area (Å²) in [5.74, 6) is -0.360. The first kappa shape index (κ1) is 12.6. The Bertz CT molecular complexity index is 544. The van der Waals surface area contributed by atoms with Crippen LogP contribution in [0.5, 0.6) is 0 Å². The van der Waals surface area contributed by atoms with Gasteiger partial charge in [-0.1, -0.05) is 30.0 Å². The predicted octanol–water partition coefficient (Wildman–Crippen LogP) is 2.83. The van der Waals surface area contributed by atoms with Crippen LogP contribution in [0.1, 0.15) is 6.92 Å². The predicted molar refractivity (Wildman–Crippen MR) is 73.9 cm³/mol. The minimum Gasteiger partial charge on any atom is -0.460 e. The van der Waals surface area contributed by atoms with Gasteiger partial charge in [0.25, 0.3) is 0 Å². The van der Waals surface area contributed by atoms with Crippen LogP contribution in [0.25, 0.3) is 10.2 Å². The van der Waals surface area contributed by atoms with E-state index < -0.39 is 0 Å². The number of esters is 1. The normalized spacial score (nSPS) is 10.3. The molecule has 0 atom stereocenters. The van der Waals surface area contributed by atoms with Crippen LogP contribution in [0.3, 0.4) is 0 Å². The van der Waals surface area contributed by atoms with E-state index >= 15 is 0 Å². The van der Waals surface area contributed by atoms with Gasteiger partial charge in [0.05, 0.1) is 16.8 Å². The Hall–Kier alpha value is -1.88. The standard InChI is InChI=1S/C13H14N2O2S/c1-9(2)12(16)17-8-7-14-13-15-10-5-3-4-6-11(10)18-13/h3-6H,1,7-8H2,2H3,(H,14,15). The molecule has 0 aliphatic carbocycles. The smallest absolute Gasteiger partial charge is 0.333 e. The Morgan fingerprint density at radius 3 is 3.00 bits per heavy atom. The molecule has 0 saturated carbocycles. The van der Waals surface area contributed by atoms with Gasteiger partial charge in [-0.3, -0.25) is 0 Å². The van der Waals surface area contributed by atoms with E-state index in [1.807, 2.05) is 24.3 Å². The number of carbonyl (C=O) groups is 1. The van der Waals surface area contributed by atoms with Crippen LogP contribution >= 0.6 is 11.3 Å². The highest BCUT2D eigenvalue weighted by atomic mass is 32.1. The molecular formula is C13H14N2O2S. The van der Waals surface area contributed by atoms with Gasteiger partial charge in [0.1, 0.15) is 6.61 Å². The number of rotatable bonds is 5. The Morgan fingerprint density at radius 2 is 2.28 bits per heavy atom. The third kappa shape index (κ3) is 3.07. The Morgan fingerprint density at radius 1 is 1.50 bits per heavy atom. The second kappa shape index (κ2) is 5.64. The molecule has 4 nitrogen and oxygen atoms in total. The van der Waals surface area contributed by atoms with Gasteiger partial charge in [-0.25, -0.2) is 9.78 Å². The van der Waals surface area contributed by atoms with Crippen molar-refractivity contribution in [1.29, 1.82) is 0 Å². The molecule has 5 heteroatoms. The van der Waals surface area contributed by atoms with Gasteiger partial charge in [-0.2, -0.15) is 0 Å². The van der Waals surface area contributed by atoms with E-state index in [1.165, 1.54) is 0 Å². The van der Waals surface area contributed by atoms with Gasteiger partial charge in [-0.05, 0) is 19.1 Å². The summed E-state index contributed by atoms with van der Waals surface area (Å²) < 4.78 is 6.11. The van der Waals surface area contributed by atoms with E-state index in [2.05, 4.69) is 16.9 Å². The summed E-state index contributed by atoms with van der Waals surface area (Å²) in [6, 6.07) is 7.94. The summed E-state index contributed by atoms with van der Waals surface area (Å²) in [7, 11) is 0. The molecule has 1 aromatic carbocycles. The molecule has 0 amide bonds. The van der Waals surface area contributed by atoms with Crippen LogP contribution in [0.15, 0.2) is 36.4 Å². The molecule has 18 heavy (non-hydrogen) atoms. The number of hydrogen-bond donors (Lipinski definition) is 1. The van der Waals surface area contributed by atoms with Crippen LogP contribution in [-0.4, -0.2) is 24.1 Å². The largest absolute Gasteiger partial charge is 0.460 e. The monoisotopic (exact) mass is 262 g/mol. The first-order valence-electron chi connectivity index (χ1n) is 5.59.